The number of nitrogens with one attached hydrogen (secondary N) is 2. The summed E-state index contributed by atoms with van der Waals surface area (Å²) in [5.41, 5.74) is 1.45. The first kappa shape index (κ1) is 23.4. The minimum absolute atomic E-state index is 0.0156. The third-order valence-electron chi connectivity index (χ3n) is 5.19. The van der Waals surface area contributed by atoms with Crippen LogP contribution in [0, 0.1) is 5.82 Å². The first-order chi connectivity index (χ1) is 14.7. The summed E-state index contributed by atoms with van der Waals surface area (Å²) in [6.45, 7) is 7.56. The molecular formula is C24H31ClFN3O2. The maximum atomic E-state index is 13.2. The average Bonchev–Trinajstić information content (AvgIpc) is 2.71. The van der Waals surface area contributed by atoms with Crippen LogP contribution in [0.4, 0.5) is 14.9 Å². The van der Waals surface area contributed by atoms with E-state index in [0.717, 1.165) is 24.1 Å². The Morgan fingerprint density at radius 3 is 2.48 bits per heavy atom. The van der Waals surface area contributed by atoms with Crippen LogP contribution in [-0.2, 0) is 4.74 Å². The van der Waals surface area contributed by atoms with Gasteiger partial charge in [-0.1, -0.05) is 23.7 Å². The number of ether oxygens (including phenoxy) is 1. The normalized spacial score (nSPS) is 16.1. The highest BCUT2D eigenvalue weighted by molar-refractivity contribution is 6.30. The summed E-state index contributed by atoms with van der Waals surface area (Å²) in [4.78, 5) is 14.1. The van der Waals surface area contributed by atoms with Gasteiger partial charge in [0.2, 0.25) is 0 Å². The van der Waals surface area contributed by atoms with E-state index in [1.165, 1.54) is 12.1 Å². The topological polar surface area (TPSA) is 53.6 Å². The Bertz CT molecular complexity index is 862. The SMILES string of the molecule is CC(C)(C)OC(=O)N1CCC(NC(CNc2ccc(F)cc2)c2cccc(Cl)c2)CC1. The fourth-order valence-corrected chi connectivity index (χ4v) is 3.82. The van der Waals surface area contributed by atoms with Crippen LogP contribution in [0.1, 0.15) is 45.2 Å². The van der Waals surface area contributed by atoms with Gasteiger partial charge in [-0.15, -0.1) is 0 Å². The van der Waals surface area contributed by atoms with Crippen LogP contribution in [-0.4, -0.2) is 42.3 Å². The fraction of sp³-hybridized carbons (Fsp3) is 0.458. The number of carbonyl (C=O) groups excluding carboxylic acids is 1. The second-order valence-electron chi connectivity index (χ2n) is 8.90. The number of nitrogens with zero attached hydrogens (tertiary/aromatic N) is 1. The minimum atomic E-state index is -0.490. The van der Waals surface area contributed by atoms with E-state index in [2.05, 4.69) is 10.6 Å². The summed E-state index contributed by atoms with van der Waals surface area (Å²) in [6.07, 6.45) is 1.43. The van der Waals surface area contributed by atoms with Crippen LogP contribution in [0.2, 0.25) is 5.02 Å². The lowest BCUT2D eigenvalue weighted by molar-refractivity contribution is 0.0196. The molecule has 2 aromatic carbocycles. The Morgan fingerprint density at radius 2 is 1.87 bits per heavy atom. The molecule has 5 nitrogen and oxygen atoms in total. The molecule has 1 aliphatic heterocycles. The highest BCUT2D eigenvalue weighted by Crippen LogP contribution is 2.22. The summed E-state index contributed by atoms with van der Waals surface area (Å²) in [7, 11) is 0. The van der Waals surface area contributed by atoms with Gasteiger partial charge in [-0.3, -0.25) is 0 Å². The number of hydrogen-bond acceptors (Lipinski definition) is 4. The van der Waals surface area contributed by atoms with Gasteiger partial charge in [-0.2, -0.15) is 0 Å². The number of carbonyl (C=O) groups is 1. The molecule has 1 fully saturated rings. The molecule has 0 bridgehead atoms. The highest BCUT2D eigenvalue weighted by atomic mass is 35.5. The van der Waals surface area contributed by atoms with Crippen LogP contribution in [0.15, 0.2) is 48.5 Å². The van der Waals surface area contributed by atoms with E-state index in [9.17, 15) is 9.18 Å². The third-order valence-corrected chi connectivity index (χ3v) is 5.42. The number of hydrogen-bond donors (Lipinski definition) is 2. The smallest absolute Gasteiger partial charge is 0.410 e. The fourth-order valence-electron chi connectivity index (χ4n) is 3.62. The van der Waals surface area contributed by atoms with E-state index in [0.29, 0.717) is 24.7 Å². The largest absolute Gasteiger partial charge is 0.444 e. The molecule has 1 saturated heterocycles. The predicted octanol–water partition coefficient (Wildman–Crippen LogP) is 5.62. The molecule has 1 unspecified atom stereocenters. The summed E-state index contributed by atoms with van der Waals surface area (Å²) in [5.74, 6) is -0.258. The van der Waals surface area contributed by atoms with Gasteiger partial charge in [0, 0.05) is 42.4 Å². The molecule has 31 heavy (non-hydrogen) atoms. The van der Waals surface area contributed by atoms with Crippen molar-refractivity contribution in [3.05, 3.63) is 64.9 Å². The molecule has 0 aromatic heterocycles. The number of rotatable bonds is 6. The van der Waals surface area contributed by atoms with E-state index < -0.39 is 5.60 Å². The van der Waals surface area contributed by atoms with Crippen LogP contribution < -0.4 is 10.6 Å². The molecule has 168 valence electrons. The monoisotopic (exact) mass is 447 g/mol. The van der Waals surface area contributed by atoms with E-state index in [1.54, 1.807) is 17.0 Å². The van der Waals surface area contributed by atoms with Gasteiger partial charge in [0.25, 0.3) is 0 Å². The lowest BCUT2D eigenvalue weighted by atomic mass is 10.0. The highest BCUT2D eigenvalue weighted by Gasteiger charge is 2.28. The Kier molecular flexibility index (Phi) is 7.79. The van der Waals surface area contributed by atoms with Crippen molar-refractivity contribution in [3.63, 3.8) is 0 Å². The van der Waals surface area contributed by atoms with Crippen molar-refractivity contribution in [3.8, 4) is 0 Å². The molecule has 2 N–H and O–H groups in total. The van der Waals surface area contributed by atoms with Gasteiger partial charge in [-0.05, 0) is 75.6 Å². The van der Waals surface area contributed by atoms with Crippen molar-refractivity contribution >= 4 is 23.4 Å². The van der Waals surface area contributed by atoms with Crippen LogP contribution in [0.25, 0.3) is 0 Å². The summed E-state index contributed by atoms with van der Waals surface area (Å²) in [6, 6.07) is 14.4. The van der Waals surface area contributed by atoms with Crippen molar-refractivity contribution in [2.45, 2.75) is 51.3 Å². The molecule has 1 atom stereocenters. The van der Waals surface area contributed by atoms with Crippen LogP contribution >= 0.6 is 11.6 Å². The number of likely N-dealkylation sites (tertiary alicyclic amines) is 1. The van der Waals surface area contributed by atoms with Gasteiger partial charge < -0.3 is 20.3 Å². The summed E-state index contributed by atoms with van der Waals surface area (Å²) < 4.78 is 18.7. The van der Waals surface area contributed by atoms with Gasteiger partial charge in [0.1, 0.15) is 11.4 Å². The number of anilines is 1. The zero-order chi connectivity index (χ0) is 22.4. The second-order valence-corrected chi connectivity index (χ2v) is 9.34. The molecule has 2 aromatic rings. The number of benzene rings is 2. The molecule has 3 rings (SSSR count). The van der Waals surface area contributed by atoms with Crippen molar-refractivity contribution in [2.24, 2.45) is 0 Å². The molecule has 0 radical (unpaired) electrons. The summed E-state index contributed by atoms with van der Waals surface area (Å²) in [5, 5.41) is 7.78. The zero-order valence-electron chi connectivity index (χ0n) is 18.3. The molecular weight excluding hydrogens is 417 g/mol. The minimum Gasteiger partial charge on any atom is -0.444 e. The first-order valence-corrected chi connectivity index (χ1v) is 11.1. The Hall–Kier alpha value is -2.31. The predicted molar refractivity (Wildman–Crippen MR) is 123 cm³/mol. The lowest BCUT2D eigenvalue weighted by Gasteiger charge is -2.35. The third kappa shape index (κ3) is 7.40. The van der Waals surface area contributed by atoms with Crippen molar-refractivity contribution in [1.29, 1.82) is 0 Å². The van der Waals surface area contributed by atoms with Gasteiger partial charge >= 0.3 is 6.09 Å². The van der Waals surface area contributed by atoms with Crippen molar-refractivity contribution < 1.29 is 13.9 Å². The van der Waals surface area contributed by atoms with Gasteiger partial charge in [0.05, 0.1) is 0 Å². The molecule has 1 aliphatic rings. The van der Waals surface area contributed by atoms with Gasteiger partial charge in [0.15, 0.2) is 0 Å². The molecule has 7 heteroatoms. The quantitative estimate of drug-likeness (QED) is 0.603. The second kappa shape index (κ2) is 10.3. The van der Waals surface area contributed by atoms with E-state index >= 15 is 0 Å². The standard InChI is InChI=1S/C24H31ClFN3O2/c1-24(2,3)31-23(30)29-13-11-21(12-14-29)28-22(17-5-4-6-18(25)15-17)16-27-20-9-7-19(26)8-10-20/h4-10,15,21-22,27-28H,11-14,16H2,1-3H3. The van der Waals surface area contributed by atoms with E-state index in [1.807, 2.05) is 45.0 Å². The Balaban J connectivity index is 1.61. The van der Waals surface area contributed by atoms with Crippen molar-refractivity contribution in [2.75, 3.05) is 25.0 Å². The van der Waals surface area contributed by atoms with Crippen LogP contribution in [0.5, 0.6) is 0 Å². The lowest BCUT2D eigenvalue weighted by Crippen LogP contribution is -2.47. The first-order valence-electron chi connectivity index (χ1n) is 10.7. The number of piperidine rings is 1. The number of amides is 1. The number of halogens is 2. The molecule has 1 heterocycles. The van der Waals surface area contributed by atoms with Crippen molar-refractivity contribution in [1.82, 2.24) is 10.2 Å². The molecule has 1 amide bonds. The van der Waals surface area contributed by atoms with Crippen LogP contribution in [0.3, 0.4) is 0 Å². The maximum absolute atomic E-state index is 13.2. The Labute approximate surface area is 188 Å². The zero-order valence-corrected chi connectivity index (χ0v) is 19.1. The van der Waals surface area contributed by atoms with E-state index in [4.69, 9.17) is 16.3 Å². The van der Waals surface area contributed by atoms with Gasteiger partial charge in [-0.25, -0.2) is 9.18 Å². The molecule has 0 saturated carbocycles. The molecule has 0 spiro atoms. The van der Waals surface area contributed by atoms with E-state index in [-0.39, 0.29) is 24.0 Å². The summed E-state index contributed by atoms with van der Waals surface area (Å²) >= 11 is 6.23. The Morgan fingerprint density at radius 1 is 1.19 bits per heavy atom. The molecule has 0 aliphatic carbocycles. The maximum Gasteiger partial charge on any atom is 0.410 e. The average molecular weight is 448 g/mol.